The van der Waals surface area contributed by atoms with Crippen LogP contribution in [0.2, 0.25) is 0 Å². The first-order valence-corrected chi connectivity index (χ1v) is 8.37. The molecule has 1 N–H and O–H groups in total. The van der Waals surface area contributed by atoms with Gasteiger partial charge in [0.25, 0.3) is 5.91 Å². The average molecular weight is 345 g/mol. The van der Waals surface area contributed by atoms with Gasteiger partial charge in [-0.15, -0.1) is 0 Å². The standard InChI is InChI=1S/C18H20FN3O3/c1-12(18(24)22-9-5-2-6-10-22)20-17(23)15-11-16(25-21-15)13-7-3-4-8-14(13)19/h3-4,7-8,11-12H,2,5-6,9-10H2,1H3,(H,20,23). The summed E-state index contributed by atoms with van der Waals surface area (Å²) in [6.45, 7) is 3.09. The average Bonchev–Trinajstić information content (AvgIpc) is 3.12. The minimum absolute atomic E-state index is 0.0107. The van der Waals surface area contributed by atoms with Crippen molar-refractivity contribution in [2.24, 2.45) is 0 Å². The molecule has 132 valence electrons. The first-order chi connectivity index (χ1) is 12.1. The molecule has 0 aliphatic carbocycles. The second kappa shape index (κ2) is 7.46. The quantitative estimate of drug-likeness (QED) is 0.924. The van der Waals surface area contributed by atoms with Crippen LogP contribution in [0.4, 0.5) is 4.39 Å². The summed E-state index contributed by atoms with van der Waals surface area (Å²) in [6, 6.07) is 6.79. The number of piperidine rings is 1. The van der Waals surface area contributed by atoms with Crippen molar-refractivity contribution in [3.63, 3.8) is 0 Å². The molecule has 1 aliphatic heterocycles. The molecular weight excluding hydrogens is 325 g/mol. The van der Waals surface area contributed by atoms with E-state index in [0.29, 0.717) is 0 Å². The Balaban J connectivity index is 1.65. The monoisotopic (exact) mass is 345 g/mol. The molecule has 1 aromatic heterocycles. The maximum absolute atomic E-state index is 13.8. The summed E-state index contributed by atoms with van der Waals surface area (Å²) in [5.41, 5.74) is 0.239. The molecule has 1 fully saturated rings. The fraction of sp³-hybridized carbons (Fsp3) is 0.389. The van der Waals surface area contributed by atoms with Crippen molar-refractivity contribution >= 4 is 11.8 Å². The molecule has 2 heterocycles. The number of likely N-dealkylation sites (tertiary alicyclic amines) is 1. The highest BCUT2D eigenvalue weighted by atomic mass is 19.1. The van der Waals surface area contributed by atoms with E-state index in [1.165, 1.54) is 12.1 Å². The summed E-state index contributed by atoms with van der Waals surface area (Å²) in [4.78, 5) is 26.4. The molecule has 7 heteroatoms. The third-order valence-electron chi connectivity index (χ3n) is 4.27. The Morgan fingerprint density at radius 1 is 1.24 bits per heavy atom. The summed E-state index contributed by atoms with van der Waals surface area (Å²) >= 11 is 0. The predicted octanol–water partition coefficient (Wildman–Crippen LogP) is 2.61. The van der Waals surface area contributed by atoms with E-state index in [1.54, 1.807) is 30.0 Å². The first kappa shape index (κ1) is 17.1. The normalized spacial score (nSPS) is 15.7. The zero-order valence-electron chi connectivity index (χ0n) is 14.0. The van der Waals surface area contributed by atoms with Gasteiger partial charge in [0, 0.05) is 19.2 Å². The fourth-order valence-electron chi connectivity index (χ4n) is 2.89. The van der Waals surface area contributed by atoms with Crippen molar-refractivity contribution in [3.05, 3.63) is 41.8 Å². The smallest absolute Gasteiger partial charge is 0.274 e. The fourth-order valence-corrected chi connectivity index (χ4v) is 2.89. The van der Waals surface area contributed by atoms with Gasteiger partial charge in [0.05, 0.1) is 5.56 Å². The van der Waals surface area contributed by atoms with Gasteiger partial charge in [0.1, 0.15) is 11.9 Å². The molecule has 2 amide bonds. The number of rotatable bonds is 4. The van der Waals surface area contributed by atoms with Gasteiger partial charge in [-0.3, -0.25) is 9.59 Å². The van der Waals surface area contributed by atoms with Crippen LogP contribution in [0.3, 0.4) is 0 Å². The number of hydrogen-bond acceptors (Lipinski definition) is 4. The molecule has 0 bridgehead atoms. The molecule has 1 atom stereocenters. The van der Waals surface area contributed by atoms with Gasteiger partial charge < -0.3 is 14.7 Å². The summed E-state index contributed by atoms with van der Waals surface area (Å²) < 4.78 is 18.8. The highest BCUT2D eigenvalue weighted by molar-refractivity contribution is 5.96. The molecule has 0 spiro atoms. The van der Waals surface area contributed by atoms with Crippen molar-refractivity contribution < 1.29 is 18.5 Å². The second-order valence-electron chi connectivity index (χ2n) is 6.14. The van der Waals surface area contributed by atoms with Gasteiger partial charge in [0.15, 0.2) is 11.5 Å². The van der Waals surface area contributed by atoms with Crippen molar-refractivity contribution in [2.75, 3.05) is 13.1 Å². The van der Waals surface area contributed by atoms with Crippen molar-refractivity contribution in [3.8, 4) is 11.3 Å². The third-order valence-corrected chi connectivity index (χ3v) is 4.27. The molecule has 0 radical (unpaired) electrons. The molecule has 6 nitrogen and oxygen atoms in total. The van der Waals surface area contributed by atoms with E-state index in [4.69, 9.17) is 4.52 Å². The maximum Gasteiger partial charge on any atom is 0.274 e. The lowest BCUT2D eigenvalue weighted by Crippen LogP contribution is -2.48. The third kappa shape index (κ3) is 3.87. The largest absolute Gasteiger partial charge is 0.355 e. The summed E-state index contributed by atoms with van der Waals surface area (Å²) in [5, 5.41) is 6.31. The van der Waals surface area contributed by atoms with Crippen molar-refractivity contribution in [1.29, 1.82) is 0 Å². The Labute approximate surface area is 145 Å². The number of amides is 2. The van der Waals surface area contributed by atoms with Gasteiger partial charge in [-0.2, -0.15) is 0 Å². The first-order valence-electron chi connectivity index (χ1n) is 8.37. The SMILES string of the molecule is CC(NC(=O)c1cc(-c2ccccc2F)on1)C(=O)N1CCCCC1. The number of carbonyl (C=O) groups excluding carboxylic acids is 2. The highest BCUT2D eigenvalue weighted by Crippen LogP contribution is 2.23. The molecule has 2 aromatic rings. The zero-order chi connectivity index (χ0) is 17.8. The Bertz CT molecular complexity index is 768. The molecule has 3 rings (SSSR count). The number of halogens is 1. The minimum atomic E-state index is -0.654. The molecule has 25 heavy (non-hydrogen) atoms. The Morgan fingerprint density at radius 2 is 1.96 bits per heavy atom. The molecule has 1 saturated heterocycles. The van der Waals surface area contributed by atoms with Crippen LogP contribution in [-0.2, 0) is 4.79 Å². The predicted molar refractivity (Wildman–Crippen MR) is 89.3 cm³/mol. The molecule has 1 aromatic carbocycles. The molecule has 1 aliphatic rings. The highest BCUT2D eigenvalue weighted by Gasteiger charge is 2.25. The maximum atomic E-state index is 13.8. The number of carbonyl (C=O) groups is 2. The molecule has 1 unspecified atom stereocenters. The van der Waals surface area contributed by atoms with Crippen LogP contribution in [0.1, 0.15) is 36.7 Å². The van der Waals surface area contributed by atoms with Gasteiger partial charge in [-0.1, -0.05) is 17.3 Å². The van der Waals surface area contributed by atoms with Gasteiger partial charge >= 0.3 is 0 Å². The minimum Gasteiger partial charge on any atom is -0.355 e. The number of aromatic nitrogens is 1. The van der Waals surface area contributed by atoms with Crippen LogP contribution < -0.4 is 5.32 Å². The number of nitrogens with zero attached hydrogens (tertiary/aromatic N) is 2. The van der Waals surface area contributed by atoms with Crippen molar-refractivity contribution in [2.45, 2.75) is 32.2 Å². The number of benzene rings is 1. The number of hydrogen-bond donors (Lipinski definition) is 1. The van der Waals surface area contributed by atoms with Crippen LogP contribution in [0.25, 0.3) is 11.3 Å². The van der Waals surface area contributed by atoms with Crippen LogP contribution >= 0.6 is 0 Å². The Morgan fingerprint density at radius 3 is 2.68 bits per heavy atom. The summed E-state index contributed by atoms with van der Waals surface area (Å²) in [6.07, 6.45) is 3.10. The van der Waals surface area contributed by atoms with E-state index in [2.05, 4.69) is 10.5 Å². The Hall–Kier alpha value is -2.70. The van der Waals surface area contributed by atoms with E-state index in [1.807, 2.05) is 0 Å². The van der Waals surface area contributed by atoms with E-state index in [0.717, 1.165) is 32.4 Å². The number of nitrogens with one attached hydrogen (secondary N) is 1. The summed E-state index contributed by atoms with van der Waals surface area (Å²) in [5.74, 6) is -0.924. The lowest BCUT2D eigenvalue weighted by molar-refractivity contribution is -0.133. The van der Waals surface area contributed by atoms with Crippen LogP contribution in [0.15, 0.2) is 34.9 Å². The topological polar surface area (TPSA) is 75.4 Å². The van der Waals surface area contributed by atoms with E-state index < -0.39 is 17.8 Å². The lowest BCUT2D eigenvalue weighted by atomic mass is 10.1. The van der Waals surface area contributed by atoms with Crippen LogP contribution in [0.5, 0.6) is 0 Å². The van der Waals surface area contributed by atoms with Gasteiger partial charge in [-0.05, 0) is 38.3 Å². The van der Waals surface area contributed by atoms with Gasteiger partial charge in [0.2, 0.25) is 5.91 Å². The second-order valence-corrected chi connectivity index (χ2v) is 6.14. The molecule has 0 saturated carbocycles. The van der Waals surface area contributed by atoms with Crippen LogP contribution in [0, 0.1) is 5.82 Å². The van der Waals surface area contributed by atoms with Crippen LogP contribution in [-0.4, -0.2) is 41.0 Å². The van der Waals surface area contributed by atoms with E-state index in [9.17, 15) is 14.0 Å². The van der Waals surface area contributed by atoms with Gasteiger partial charge in [-0.25, -0.2) is 4.39 Å². The zero-order valence-corrected chi connectivity index (χ0v) is 14.0. The molecular formula is C18H20FN3O3. The van der Waals surface area contributed by atoms with E-state index in [-0.39, 0.29) is 22.9 Å². The van der Waals surface area contributed by atoms with E-state index >= 15 is 0 Å². The van der Waals surface area contributed by atoms with Crippen molar-refractivity contribution in [1.82, 2.24) is 15.4 Å². The Kier molecular flexibility index (Phi) is 5.11. The lowest BCUT2D eigenvalue weighted by Gasteiger charge is -2.29. The summed E-state index contributed by atoms with van der Waals surface area (Å²) in [7, 11) is 0.